The van der Waals surface area contributed by atoms with Gasteiger partial charge in [-0.2, -0.15) is 0 Å². The summed E-state index contributed by atoms with van der Waals surface area (Å²) in [5.74, 6) is -0.000372. The molecule has 2 rings (SSSR count). The van der Waals surface area contributed by atoms with Crippen LogP contribution in [0.1, 0.15) is 13.8 Å². The summed E-state index contributed by atoms with van der Waals surface area (Å²) in [5.41, 5.74) is 0.560. The normalized spacial score (nSPS) is 17.2. The number of amides is 2. The minimum Gasteiger partial charge on any atom is -0.332 e. The number of halogens is 2. The van der Waals surface area contributed by atoms with Crippen molar-refractivity contribution in [2.75, 3.05) is 31.5 Å². The fourth-order valence-electron chi connectivity index (χ4n) is 2.56. The highest BCUT2D eigenvalue weighted by molar-refractivity contribution is 6.36. The van der Waals surface area contributed by atoms with E-state index in [-0.39, 0.29) is 17.9 Å². The van der Waals surface area contributed by atoms with Gasteiger partial charge in [0, 0.05) is 11.9 Å². The zero-order chi connectivity index (χ0) is 16.3. The molecule has 0 aromatic heterocycles. The fraction of sp³-hybridized carbons (Fsp3) is 0.467. The molecule has 2 N–H and O–H groups in total. The molecule has 1 fully saturated rings. The SMILES string of the molecule is CC(=O)N1CC[NH+]([C@@H](C)C(=O)Nc2ccc(Cl)cc2Cl)CC1. The van der Waals surface area contributed by atoms with E-state index >= 15 is 0 Å². The van der Waals surface area contributed by atoms with Crippen LogP contribution in [0.5, 0.6) is 0 Å². The highest BCUT2D eigenvalue weighted by Crippen LogP contribution is 2.25. The van der Waals surface area contributed by atoms with Crippen molar-refractivity contribution in [1.29, 1.82) is 0 Å². The number of quaternary nitrogens is 1. The molecular weight excluding hydrogens is 325 g/mol. The second-order valence-corrected chi connectivity index (χ2v) is 6.34. The molecule has 0 saturated carbocycles. The lowest BCUT2D eigenvalue weighted by molar-refractivity contribution is -0.917. The molecule has 0 bridgehead atoms. The number of benzene rings is 1. The largest absolute Gasteiger partial charge is 0.332 e. The third-order valence-corrected chi connectivity index (χ3v) is 4.59. The summed E-state index contributed by atoms with van der Waals surface area (Å²) < 4.78 is 0. The van der Waals surface area contributed by atoms with Crippen LogP contribution >= 0.6 is 23.2 Å². The third-order valence-electron chi connectivity index (χ3n) is 4.05. The number of carbonyl (C=O) groups is 2. The molecule has 0 radical (unpaired) electrons. The van der Waals surface area contributed by atoms with Crippen LogP contribution in [0.4, 0.5) is 5.69 Å². The number of hydrogen-bond acceptors (Lipinski definition) is 2. The van der Waals surface area contributed by atoms with Crippen LogP contribution in [-0.4, -0.2) is 48.9 Å². The Kier molecular flexibility index (Phi) is 5.67. The first-order chi connectivity index (χ1) is 10.4. The molecule has 7 heteroatoms. The molecule has 1 aromatic rings. The van der Waals surface area contributed by atoms with Gasteiger partial charge in [0.25, 0.3) is 5.91 Å². The van der Waals surface area contributed by atoms with Gasteiger partial charge in [-0.15, -0.1) is 0 Å². The van der Waals surface area contributed by atoms with E-state index in [0.29, 0.717) is 28.8 Å². The monoisotopic (exact) mass is 344 g/mol. The molecule has 1 saturated heterocycles. The van der Waals surface area contributed by atoms with E-state index in [1.165, 1.54) is 4.90 Å². The summed E-state index contributed by atoms with van der Waals surface area (Å²) in [4.78, 5) is 26.7. The van der Waals surface area contributed by atoms with E-state index < -0.39 is 0 Å². The number of piperazine rings is 1. The van der Waals surface area contributed by atoms with Crippen molar-refractivity contribution in [3.8, 4) is 0 Å². The molecule has 0 unspecified atom stereocenters. The molecular formula is C15H20Cl2N3O2+. The lowest BCUT2D eigenvalue weighted by Gasteiger charge is -2.34. The second-order valence-electron chi connectivity index (χ2n) is 5.50. The van der Waals surface area contributed by atoms with E-state index in [4.69, 9.17) is 23.2 Å². The Labute approximate surface area is 140 Å². The number of anilines is 1. The first-order valence-electron chi connectivity index (χ1n) is 7.24. The van der Waals surface area contributed by atoms with Crippen LogP contribution in [0.3, 0.4) is 0 Å². The molecule has 1 heterocycles. The summed E-state index contributed by atoms with van der Waals surface area (Å²) in [6, 6.07) is 4.77. The van der Waals surface area contributed by atoms with E-state index in [1.807, 2.05) is 11.8 Å². The maximum atomic E-state index is 12.4. The quantitative estimate of drug-likeness (QED) is 0.861. The molecule has 0 spiro atoms. The van der Waals surface area contributed by atoms with Gasteiger partial charge in [-0.05, 0) is 25.1 Å². The Morgan fingerprint density at radius 1 is 1.27 bits per heavy atom. The highest BCUT2D eigenvalue weighted by atomic mass is 35.5. The summed E-state index contributed by atoms with van der Waals surface area (Å²) >= 11 is 11.9. The van der Waals surface area contributed by atoms with Crippen molar-refractivity contribution in [2.24, 2.45) is 0 Å². The van der Waals surface area contributed by atoms with E-state index in [2.05, 4.69) is 5.32 Å². The Bertz CT molecular complexity index is 572. The molecule has 120 valence electrons. The first-order valence-corrected chi connectivity index (χ1v) is 8.00. The summed E-state index contributed by atoms with van der Waals surface area (Å²) in [7, 11) is 0. The number of nitrogens with zero attached hydrogens (tertiary/aromatic N) is 1. The Hall–Kier alpha value is -1.30. The number of hydrogen-bond donors (Lipinski definition) is 2. The molecule has 22 heavy (non-hydrogen) atoms. The Morgan fingerprint density at radius 2 is 1.91 bits per heavy atom. The van der Waals surface area contributed by atoms with Crippen LogP contribution in [0.15, 0.2) is 18.2 Å². The van der Waals surface area contributed by atoms with Gasteiger partial charge in [-0.25, -0.2) is 0 Å². The van der Waals surface area contributed by atoms with Crippen LogP contribution in [0.25, 0.3) is 0 Å². The van der Waals surface area contributed by atoms with Crippen molar-refractivity contribution in [1.82, 2.24) is 4.90 Å². The molecule has 1 atom stereocenters. The fourth-order valence-corrected chi connectivity index (χ4v) is 3.01. The standard InChI is InChI=1S/C15H19Cl2N3O2/c1-10(19-5-7-20(8-6-19)11(2)21)15(22)18-14-4-3-12(16)9-13(14)17/h3-4,9-10H,5-8H2,1-2H3,(H,18,22)/p+1/t10-/m0/s1. The topological polar surface area (TPSA) is 53.9 Å². The van der Waals surface area contributed by atoms with E-state index in [9.17, 15) is 9.59 Å². The minimum atomic E-state index is -0.208. The average molecular weight is 345 g/mol. The third kappa shape index (κ3) is 4.12. The smallest absolute Gasteiger partial charge is 0.282 e. The van der Waals surface area contributed by atoms with Gasteiger partial charge in [-0.1, -0.05) is 23.2 Å². The minimum absolute atomic E-state index is 0.0871. The van der Waals surface area contributed by atoms with Crippen molar-refractivity contribution in [2.45, 2.75) is 19.9 Å². The maximum Gasteiger partial charge on any atom is 0.282 e. The van der Waals surface area contributed by atoms with Crippen molar-refractivity contribution in [3.05, 3.63) is 28.2 Å². The van der Waals surface area contributed by atoms with Crippen LogP contribution in [0, 0.1) is 0 Å². The van der Waals surface area contributed by atoms with Crippen molar-refractivity contribution >= 4 is 40.7 Å². The van der Waals surface area contributed by atoms with E-state index in [1.54, 1.807) is 25.1 Å². The molecule has 1 aromatic carbocycles. The van der Waals surface area contributed by atoms with Gasteiger partial charge in [0.15, 0.2) is 6.04 Å². The molecule has 5 nitrogen and oxygen atoms in total. The van der Waals surface area contributed by atoms with Gasteiger partial charge in [0.2, 0.25) is 5.91 Å². The van der Waals surface area contributed by atoms with Crippen LogP contribution < -0.4 is 10.2 Å². The van der Waals surface area contributed by atoms with Gasteiger partial charge in [0.1, 0.15) is 0 Å². The Morgan fingerprint density at radius 3 is 2.45 bits per heavy atom. The predicted molar refractivity (Wildman–Crippen MR) is 87.5 cm³/mol. The molecule has 1 aliphatic heterocycles. The molecule has 0 aliphatic carbocycles. The van der Waals surface area contributed by atoms with Crippen LogP contribution in [-0.2, 0) is 9.59 Å². The molecule has 2 amide bonds. The van der Waals surface area contributed by atoms with Gasteiger partial charge in [0.05, 0.1) is 36.9 Å². The van der Waals surface area contributed by atoms with Gasteiger partial charge in [-0.3, -0.25) is 9.59 Å². The summed E-state index contributed by atoms with van der Waals surface area (Å²) in [6.45, 7) is 6.36. The predicted octanol–water partition coefficient (Wildman–Crippen LogP) is 1.07. The van der Waals surface area contributed by atoms with Gasteiger partial charge < -0.3 is 15.1 Å². The first kappa shape index (κ1) is 17.1. The van der Waals surface area contributed by atoms with Gasteiger partial charge >= 0.3 is 0 Å². The zero-order valence-corrected chi connectivity index (χ0v) is 14.2. The lowest BCUT2D eigenvalue weighted by atomic mass is 10.2. The molecule has 1 aliphatic rings. The maximum absolute atomic E-state index is 12.4. The number of nitrogens with one attached hydrogen (secondary N) is 2. The highest BCUT2D eigenvalue weighted by Gasteiger charge is 2.30. The number of carbonyl (C=O) groups excluding carboxylic acids is 2. The summed E-state index contributed by atoms with van der Waals surface area (Å²) in [6.07, 6.45) is 0. The summed E-state index contributed by atoms with van der Waals surface area (Å²) in [5, 5.41) is 3.79. The zero-order valence-electron chi connectivity index (χ0n) is 12.7. The van der Waals surface area contributed by atoms with E-state index in [0.717, 1.165) is 13.1 Å². The Balaban J connectivity index is 1.94. The van der Waals surface area contributed by atoms with Crippen molar-refractivity contribution < 1.29 is 14.5 Å². The lowest BCUT2D eigenvalue weighted by Crippen LogP contribution is -3.19. The van der Waals surface area contributed by atoms with Crippen LogP contribution in [0.2, 0.25) is 10.0 Å². The van der Waals surface area contributed by atoms with Crippen molar-refractivity contribution in [3.63, 3.8) is 0 Å². The number of rotatable bonds is 3. The second kappa shape index (κ2) is 7.31. The average Bonchev–Trinajstić information content (AvgIpc) is 2.49.